The molecule has 2 saturated heterocycles. The van der Waals surface area contributed by atoms with Crippen LogP contribution in [0.2, 0.25) is 5.04 Å². The van der Waals surface area contributed by atoms with Crippen LogP contribution in [0.5, 0.6) is 0 Å². The summed E-state index contributed by atoms with van der Waals surface area (Å²) in [6.45, 7) is 12.3. The third-order valence-corrected chi connectivity index (χ3v) is 14.9. The molecule has 2 aromatic rings. The first-order valence-electron chi connectivity index (χ1n) is 16.6. The maximum atomic E-state index is 12.4. The third kappa shape index (κ3) is 7.19. The number of hydrogen-bond donors (Lipinski definition) is 0. The highest BCUT2D eigenvalue weighted by Crippen LogP contribution is 2.46. The topological polar surface area (TPSA) is 54.0 Å². The van der Waals surface area contributed by atoms with Crippen LogP contribution in [0, 0.1) is 11.8 Å². The van der Waals surface area contributed by atoms with Gasteiger partial charge in [0.05, 0.1) is 18.1 Å². The minimum atomic E-state index is -2.79. The second-order valence-electron chi connectivity index (χ2n) is 14.1. The summed E-state index contributed by atoms with van der Waals surface area (Å²) in [4.78, 5) is 12.4. The molecule has 6 unspecified atom stereocenters. The van der Waals surface area contributed by atoms with E-state index in [4.69, 9.17) is 18.6 Å². The van der Waals surface area contributed by atoms with Crippen molar-refractivity contribution in [2.24, 2.45) is 11.8 Å². The van der Waals surface area contributed by atoms with Gasteiger partial charge in [-0.15, -0.1) is 0 Å². The molecule has 234 valence electrons. The van der Waals surface area contributed by atoms with Crippen molar-refractivity contribution in [2.45, 2.75) is 122 Å². The number of ether oxygens (including phenoxy) is 3. The first-order valence-corrected chi connectivity index (χ1v) is 18.5. The van der Waals surface area contributed by atoms with Crippen LogP contribution in [-0.2, 0) is 23.4 Å². The van der Waals surface area contributed by atoms with Crippen molar-refractivity contribution in [2.75, 3.05) is 6.61 Å². The SMILES string of the molecule is CCCCCC(C)(C=CC1C(OC2CCCCO2)CC2OC(=O)CC21)O[Si](c1ccccc1)(c1ccccc1)C(C)(C)C. The first-order chi connectivity index (χ1) is 20.6. The molecule has 3 fully saturated rings. The van der Waals surface area contributed by atoms with Crippen LogP contribution in [0.4, 0.5) is 0 Å². The van der Waals surface area contributed by atoms with Crippen molar-refractivity contribution in [3.63, 3.8) is 0 Å². The van der Waals surface area contributed by atoms with Gasteiger partial charge in [0, 0.05) is 24.9 Å². The average molecular weight is 605 g/mol. The molecule has 0 N–H and O–H groups in total. The zero-order chi connectivity index (χ0) is 30.5. The summed E-state index contributed by atoms with van der Waals surface area (Å²) in [6.07, 6.45) is 13.0. The lowest BCUT2D eigenvalue weighted by atomic mass is 9.89. The van der Waals surface area contributed by atoms with Crippen molar-refractivity contribution >= 4 is 24.7 Å². The quantitative estimate of drug-likeness (QED) is 0.110. The lowest BCUT2D eigenvalue weighted by Gasteiger charge is -2.48. The third-order valence-electron chi connectivity index (χ3n) is 9.77. The maximum Gasteiger partial charge on any atom is 0.306 e. The van der Waals surface area contributed by atoms with Crippen LogP contribution in [0.3, 0.4) is 0 Å². The summed E-state index contributed by atoms with van der Waals surface area (Å²) in [5.41, 5.74) is -0.506. The number of benzene rings is 2. The number of carbonyl (C=O) groups is 1. The molecule has 43 heavy (non-hydrogen) atoms. The summed E-state index contributed by atoms with van der Waals surface area (Å²) in [5.74, 6) is 0.121. The maximum absolute atomic E-state index is 12.4. The normalized spacial score (nSPS) is 27.7. The van der Waals surface area contributed by atoms with E-state index in [0.717, 1.165) is 58.0 Å². The molecule has 2 aliphatic heterocycles. The minimum Gasteiger partial charge on any atom is -0.462 e. The molecule has 0 amide bonds. The van der Waals surface area contributed by atoms with Gasteiger partial charge in [0.25, 0.3) is 8.32 Å². The molecule has 0 radical (unpaired) electrons. The Morgan fingerprint density at radius 1 is 0.953 bits per heavy atom. The van der Waals surface area contributed by atoms with Gasteiger partial charge in [0.1, 0.15) is 6.10 Å². The van der Waals surface area contributed by atoms with E-state index in [0.29, 0.717) is 6.42 Å². The molecule has 0 aromatic heterocycles. The Labute approximate surface area is 260 Å². The first kappa shape index (κ1) is 32.1. The number of fused-ring (bicyclic) bond motifs is 1. The summed E-state index contributed by atoms with van der Waals surface area (Å²) in [6, 6.07) is 21.8. The Kier molecular flexibility index (Phi) is 10.3. The zero-order valence-electron chi connectivity index (χ0n) is 26.9. The Balaban J connectivity index is 1.53. The van der Waals surface area contributed by atoms with Crippen LogP contribution < -0.4 is 10.4 Å². The van der Waals surface area contributed by atoms with Crippen LogP contribution >= 0.6 is 0 Å². The van der Waals surface area contributed by atoms with Gasteiger partial charge >= 0.3 is 5.97 Å². The van der Waals surface area contributed by atoms with E-state index in [1.807, 2.05) is 0 Å². The van der Waals surface area contributed by atoms with Gasteiger partial charge in [-0.2, -0.15) is 0 Å². The van der Waals surface area contributed by atoms with Crippen LogP contribution in [0.15, 0.2) is 72.8 Å². The summed E-state index contributed by atoms with van der Waals surface area (Å²) < 4.78 is 26.1. The number of hydrogen-bond acceptors (Lipinski definition) is 5. The van der Waals surface area contributed by atoms with Gasteiger partial charge < -0.3 is 18.6 Å². The van der Waals surface area contributed by atoms with E-state index in [9.17, 15) is 4.79 Å². The Morgan fingerprint density at radius 3 is 2.21 bits per heavy atom. The Bertz CT molecular complexity index is 1160. The molecule has 3 aliphatic rings. The fourth-order valence-electron chi connectivity index (χ4n) is 7.53. The smallest absolute Gasteiger partial charge is 0.306 e. The summed E-state index contributed by atoms with van der Waals surface area (Å²) in [7, 11) is -2.79. The highest BCUT2D eigenvalue weighted by molar-refractivity contribution is 6.99. The van der Waals surface area contributed by atoms with E-state index < -0.39 is 13.9 Å². The Morgan fingerprint density at radius 2 is 1.63 bits per heavy atom. The van der Waals surface area contributed by atoms with Gasteiger partial charge in [-0.1, -0.05) is 120 Å². The second kappa shape index (κ2) is 13.8. The monoisotopic (exact) mass is 604 g/mol. The van der Waals surface area contributed by atoms with Crippen molar-refractivity contribution in [1.29, 1.82) is 0 Å². The minimum absolute atomic E-state index is 0.0322. The molecule has 2 heterocycles. The van der Waals surface area contributed by atoms with E-state index in [1.54, 1.807) is 0 Å². The molecule has 2 aromatic carbocycles. The van der Waals surface area contributed by atoms with Gasteiger partial charge in [0.15, 0.2) is 6.29 Å². The van der Waals surface area contributed by atoms with Gasteiger partial charge in [-0.25, -0.2) is 0 Å². The van der Waals surface area contributed by atoms with Crippen LogP contribution in [0.1, 0.15) is 92.4 Å². The molecule has 0 bridgehead atoms. The molecule has 5 nitrogen and oxygen atoms in total. The Hall–Kier alpha value is -2.25. The fraction of sp³-hybridized carbons (Fsp3) is 0.595. The van der Waals surface area contributed by atoms with Crippen molar-refractivity contribution in [1.82, 2.24) is 0 Å². The van der Waals surface area contributed by atoms with E-state index in [1.165, 1.54) is 10.4 Å². The van der Waals surface area contributed by atoms with Gasteiger partial charge in [-0.3, -0.25) is 4.79 Å². The number of esters is 1. The van der Waals surface area contributed by atoms with E-state index >= 15 is 0 Å². The highest BCUT2D eigenvalue weighted by atomic mass is 28.4. The number of unbranched alkanes of at least 4 members (excludes halogenated alkanes) is 2. The van der Waals surface area contributed by atoms with Crippen LogP contribution in [0.25, 0.3) is 0 Å². The average Bonchev–Trinajstić information content (AvgIpc) is 3.51. The lowest BCUT2D eigenvalue weighted by molar-refractivity contribution is -0.194. The number of carbonyl (C=O) groups excluding carboxylic acids is 1. The molecule has 6 atom stereocenters. The zero-order valence-corrected chi connectivity index (χ0v) is 27.9. The summed E-state index contributed by atoms with van der Waals surface area (Å²) in [5, 5.41) is 2.45. The predicted molar refractivity (Wildman–Crippen MR) is 175 cm³/mol. The second-order valence-corrected chi connectivity index (χ2v) is 18.3. The lowest BCUT2D eigenvalue weighted by Crippen LogP contribution is -2.69. The largest absolute Gasteiger partial charge is 0.462 e. The van der Waals surface area contributed by atoms with Crippen molar-refractivity contribution in [3.05, 3.63) is 72.8 Å². The molecule has 5 rings (SSSR count). The molecular weight excluding hydrogens is 552 g/mol. The predicted octanol–water partition coefficient (Wildman–Crippen LogP) is 7.32. The molecule has 6 heteroatoms. The molecular formula is C37H52O5Si. The fourth-order valence-corrected chi connectivity index (χ4v) is 12.3. The van der Waals surface area contributed by atoms with Crippen molar-refractivity contribution in [3.8, 4) is 0 Å². The standard InChI is InChI=1S/C37H52O5Si/c1-6-7-15-23-37(5,42-43(36(2,3)4,28-17-10-8-11-18-28)29-19-12-9-13-20-29)24-22-30-31-26-34(38)40-33(31)27-32(30)41-35-21-14-16-25-39-35/h8-13,17-20,22,24,30-33,35H,6-7,14-16,21,23,25-27H2,1-5H3. The summed E-state index contributed by atoms with van der Waals surface area (Å²) >= 11 is 0. The van der Waals surface area contributed by atoms with Crippen LogP contribution in [-0.4, -0.2) is 45.0 Å². The molecule has 1 saturated carbocycles. The molecule has 1 aliphatic carbocycles. The number of rotatable bonds is 12. The van der Waals surface area contributed by atoms with Gasteiger partial charge in [0.2, 0.25) is 0 Å². The van der Waals surface area contributed by atoms with E-state index in [-0.39, 0.29) is 41.3 Å². The van der Waals surface area contributed by atoms with Crippen molar-refractivity contribution < 1.29 is 23.4 Å². The molecule has 0 spiro atoms. The highest BCUT2D eigenvalue weighted by Gasteiger charge is 2.54. The van der Waals surface area contributed by atoms with Gasteiger partial charge in [-0.05, 0) is 48.0 Å². The van der Waals surface area contributed by atoms with E-state index in [2.05, 4.69) is 107 Å².